The molecule has 1 aromatic heterocycles. The Balaban J connectivity index is 2.94. The minimum Gasteiger partial charge on any atom is -0.251 e. The molecule has 0 radical (unpaired) electrons. The fourth-order valence-corrected chi connectivity index (χ4v) is 1.67. The van der Waals surface area contributed by atoms with E-state index in [2.05, 4.69) is 32.0 Å². The van der Waals surface area contributed by atoms with Gasteiger partial charge in [-0.15, -0.1) is 0 Å². The fourth-order valence-electron chi connectivity index (χ4n) is 1.24. The van der Waals surface area contributed by atoms with Crippen molar-refractivity contribution in [1.82, 2.24) is 9.97 Å². The quantitative estimate of drug-likeness (QED) is 0.719. The molecule has 1 heterocycles. The van der Waals surface area contributed by atoms with E-state index in [0.29, 0.717) is 11.1 Å². The van der Waals surface area contributed by atoms with Crippen LogP contribution in [0.15, 0.2) is 22.8 Å². The van der Waals surface area contributed by atoms with Gasteiger partial charge in [-0.1, -0.05) is 0 Å². The van der Waals surface area contributed by atoms with Crippen molar-refractivity contribution in [2.75, 3.05) is 0 Å². The third kappa shape index (κ3) is 1.36. The normalized spacial score (nSPS) is 10.1. The summed E-state index contributed by atoms with van der Waals surface area (Å²) in [5, 5.41) is 8.88. The van der Waals surface area contributed by atoms with Gasteiger partial charge in [0, 0.05) is 10.7 Å². The summed E-state index contributed by atoms with van der Waals surface area (Å²) >= 11 is 3.37. The molecule has 68 valence electrons. The highest BCUT2D eigenvalue weighted by Gasteiger charge is 2.06. The zero-order valence-corrected chi connectivity index (χ0v) is 9.04. The average molecular weight is 248 g/mol. The molecule has 0 aliphatic heterocycles. The first-order valence-corrected chi connectivity index (χ1v) is 4.83. The lowest BCUT2D eigenvalue weighted by molar-refractivity contribution is 1.18. The molecule has 0 aliphatic rings. The summed E-state index contributed by atoms with van der Waals surface area (Å²) in [6, 6.07) is 5.65. The van der Waals surface area contributed by atoms with Crippen LogP contribution in [0.25, 0.3) is 11.0 Å². The van der Waals surface area contributed by atoms with E-state index in [0.717, 1.165) is 15.7 Å². The van der Waals surface area contributed by atoms with E-state index < -0.39 is 0 Å². The first-order valence-electron chi connectivity index (χ1n) is 4.04. The van der Waals surface area contributed by atoms with Crippen LogP contribution in [0.1, 0.15) is 11.3 Å². The second-order valence-electron chi connectivity index (χ2n) is 2.92. The Morgan fingerprint density at radius 1 is 1.36 bits per heavy atom. The number of rotatable bonds is 0. The molecule has 0 saturated carbocycles. The SMILES string of the molecule is Cc1cnc2c(Br)ccc(C#N)c2n1. The van der Waals surface area contributed by atoms with Gasteiger partial charge in [-0.05, 0) is 35.0 Å². The van der Waals surface area contributed by atoms with Gasteiger partial charge in [-0.25, -0.2) is 4.98 Å². The van der Waals surface area contributed by atoms with Crippen LogP contribution in [0.4, 0.5) is 0 Å². The van der Waals surface area contributed by atoms with Crippen molar-refractivity contribution >= 4 is 27.0 Å². The van der Waals surface area contributed by atoms with Crippen LogP contribution in [0, 0.1) is 18.3 Å². The van der Waals surface area contributed by atoms with Crippen LogP contribution in [-0.4, -0.2) is 9.97 Å². The second-order valence-corrected chi connectivity index (χ2v) is 3.77. The summed E-state index contributed by atoms with van der Waals surface area (Å²) in [7, 11) is 0. The number of benzene rings is 1. The minimum atomic E-state index is 0.555. The lowest BCUT2D eigenvalue weighted by atomic mass is 10.2. The molecule has 4 heteroatoms. The fraction of sp³-hybridized carbons (Fsp3) is 0.100. The highest BCUT2D eigenvalue weighted by atomic mass is 79.9. The standard InChI is InChI=1S/C10H6BrN3/c1-6-5-13-10-8(11)3-2-7(4-12)9(10)14-6/h2-3,5H,1H3. The van der Waals surface area contributed by atoms with Crippen LogP contribution in [0.3, 0.4) is 0 Å². The Morgan fingerprint density at radius 2 is 2.14 bits per heavy atom. The van der Waals surface area contributed by atoms with E-state index in [-0.39, 0.29) is 0 Å². The number of aromatic nitrogens is 2. The van der Waals surface area contributed by atoms with Gasteiger partial charge in [0.05, 0.1) is 11.3 Å². The lowest BCUT2D eigenvalue weighted by Crippen LogP contribution is -1.91. The minimum absolute atomic E-state index is 0.555. The average Bonchev–Trinajstić information content (AvgIpc) is 2.18. The number of aryl methyl sites for hydroxylation is 1. The number of nitrogens with zero attached hydrogens (tertiary/aromatic N) is 3. The topological polar surface area (TPSA) is 49.6 Å². The van der Waals surface area contributed by atoms with Crippen molar-refractivity contribution < 1.29 is 0 Å². The van der Waals surface area contributed by atoms with E-state index in [9.17, 15) is 0 Å². The summed E-state index contributed by atoms with van der Waals surface area (Å²) < 4.78 is 0.860. The Hall–Kier alpha value is -1.47. The van der Waals surface area contributed by atoms with Gasteiger partial charge in [0.1, 0.15) is 17.1 Å². The van der Waals surface area contributed by atoms with Crippen molar-refractivity contribution in [3.63, 3.8) is 0 Å². The van der Waals surface area contributed by atoms with Gasteiger partial charge in [0.15, 0.2) is 0 Å². The molecule has 0 amide bonds. The molecule has 0 aliphatic carbocycles. The highest BCUT2D eigenvalue weighted by molar-refractivity contribution is 9.10. The Morgan fingerprint density at radius 3 is 2.86 bits per heavy atom. The van der Waals surface area contributed by atoms with Gasteiger partial charge in [-0.3, -0.25) is 4.98 Å². The van der Waals surface area contributed by atoms with Crippen LogP contribution >= 0.6 is 15.9 Å². The molecule has 0 saturated heterocycles. The van der Waals surface area contributed by atoms with E-state index in [4.69, 9.17) is 5.26 Å². The first-order chi connectivity index (χ1) is 6.72. The zero-order valence-electron chi connectivity index (χ0n) is 7.45. The third-order valence-electron chi connectivity index (χ3n) is 1.89. The molecule has 0 bridgehead atoms. The predicted molar refractivity (Wildman–Crippen MR) is 56.7 cm³/mol. The van der Waals surface area contributed by atoms with Crippen molar-refractivity contribution in [2.45, 2.75) is 6.92 Å². The van der Waals surface area contributed by atoms with Crippen molar-refractivity contribution in [3.05, 3.63) is 34.1 Å². The molecule has 2 rings (SSSR count). The summed E-state index contributed by atoms with van der Waals surface area (Å²) in [5.41, 5.74) is 2.75. The molecule has 0 unspecified atom stereocenters. The number of halogens is 1. The molecular weight excluding hydrogens is 242 g/mol. The van der Waals surface area contributed by atoms with Gasteiger partial charge >= 0.3 is 0 Å². The van der Waals surface area contributed by atoms with Gasteiger partial charge < -0.3 is 0 Å². The van der Waals surface area contributed by atoms with Crippen molar-refractivity contribution in [2.24, 2.45) is 0 Å². The molecule has 14 heavy (non-hydrogen) atoms. The number of hydrogen-bond acceptors (Lipinski definition) is 3. The van der Waals surface area contributed by atoms with Gasteiger partial charge in [-0.2, -0.15) is 5.26 Å². The number of fused-ring (bicyclic) bond motifs is 1. The molecule has 0 atom stereocenters. The number of hydrogen-bond donors (Lipinski definition) is 0. The van der Waals surface area contributed by atoms with Gasteiger partial charge in [0.2, 0.25) is 0 Å². The molecule has 0 N–H and O–H groups in total. The van der Waals surface area contributed by atoms with Crippen molar-refractivity contribution in [3.8, 4) is 6.07 Å². The Kier molecular flexibility index (Phi) is 2.18. The molecule has 0 fully saturated rings. The molecule has 3 nitrogen and oxygen atoms in total. The monoisotopic (exact) mass is 247 g/mol. The first kappa shape index (κ1) is 9.10. The van der Waals surface area contributed by atoms with Crippen LogP contribution < -0.4 is 0 Å². The maximum absolute atomic E-state index is 8.88. The smallest absolute Gasteiger partial charge is 0.108 e. The summed E-state index contributed by atoms with van der Waals surface area (Å²) in [6.07, 6.45) is 1.69. The largest absolute Gasteiger partial charge is 0.251 e. The summed E-state index contributed by atoms with van der Waals surface area (Å²) in [5.74, 6) is 0. The van der Waals surface area contributed by atoms with Crippen molar-refractivity contribution in [1.29, 1.82) is 5.26 Å². The van der Waals surface area contributed by atoms with Gasteiger partial charge in [0.25, 0.3) is 0 Å². The van der Waals surface area contributed by atoms with Crippen LogP contribution in [0.2, 0.25) is 0 Å². The molecule has 0 spiro atoms. The lowest BCUT2D eigenvalue weighted by Gasteiger charge is -2.01. The van der Waals surface area contributed by atoms with E-state index in [1.165, 1.54) is 0 Å². The molecule has 1 aromatic carbocycles. The maximum atomic E-state index is 8.88. The zero-order chi connectivity index (χ0) is 10.1. The Bertz CT molecular complexity index is 543. The van der Waals surface area contributed by atoms with E-state index in [1.54, 1.807) is 12.3 Å². The summed E-state index contributed by atoms with van der Waals surface area (Å²) in [4.78, 5) is 8.52. The van der Waals surface area contributed by atoms with Crippen LogP contribution in [0.5, 0.6) is 0 Å². The highest BCUT2D eigenvalue weighted by Crippen LogP contribution is 2.23. The van der Waals surface area contributed by atoms with E-state index >= 15 is 0 Å². The van der Waals surface area contributed by atoms with E-state index in [1.807, 2.05) is 13.0 Å². The Labute approximate surface area is 89.5 Å². The molecule has 2 aromatic rings. The molecular formula is C10H6BrN3. The van der Waals surface area contributed by atoms with Crippen LogP contribution in [-0.2, 0) is 0 Å². The number of nitriles is 1. The maximum Gasteiger partial charge on any atom is 0.108 e. The third-order valence-corrected chi connectivity index (χ3v) is 2.53. The predicted octanol–water partition coefficient (Wildman–Crippen LogP) is 2.57. The summed E-state index contributed by atoms with van der Waals surface area (Å²) in [6.45, 7) is 1.86. The second kappa shape index (κ2) is 3.35.